The first-order valence-corrected chi connectivity index (χ1v) is 7.69. The van der Waals surface area contributed by atoms with Gasteiger partial charge in [0.05, 0.1) is 5.54 Å². The highest BCUT2D eigenvalue weighted by atomic mass is 79.9. The third kappa shape index (κ3) is 1.73. The number of carbonyl (C=O) groups excluding carboxylic acids is 1. The first-order valence-electron chi connectivity index (χ1n) is 6.52. The molecule has 0 saturated heterocycles. The molecule has 2 aromatic carbocycles. The topological polar surface area (TPSA) is 29.1 Å². The van der Waals surface area contributed by atoms with E-state index in [0.717, 1.165) is 28.4 Å². The van der Waals surface area contributed by atoms with Gasteiger partial charge in [-0.25, -0.2) is 0 Å². The molecule has 2 aliphatic rings. The summed E-state index contributed by atoms with van der Waals surface area (Å²) in [6.07, 6.45) is 1.99. The van der Waals surface area contributed by atoms with Crippen LogP contribution in [-0.2, 0) is 5.54 Å². The quantitative estimate of drug-likeness (QED) is 0.746. The minimum absolute atomic E-state index is 0.0349. The van der Waals surface area contributed by atoms with E-state index in [-0.39, 0.29) is 11.4 Å². The van der Waals surface area contributed by atoms with E-state index < -0.39 is 0 Å². The minimum atomic E-state index is -0.182. The van der Waals surface area contributed by atoms with Gasteiger partial charge >= 0.3 is 0 Å². The molecule has 100 valence electrons. The molecule has 0 radical (unpaired) electrons. The maximum Gasteiger partial charge on any atom is 0.252 e. The van der Waals surface area contributed by atoms with E-state index >= 15 is 0 Å². The molecule has 1 spiro atoms. The van der Waals surface area contributed by atoms with Gasteiger partial charge in [0.1, 0.15) is 0 Å². The van der Waals surface area contributed by atoms with Gasteiger partial charge in [0.2, 0.25) is 0 Å². The second kappa shape index (κ2) is 4.09. The molecule has 20 heavy (non-hydrogen) atoms. The van der Waals surface area contributed by atoms with Crippen molar-refractivity contribution in [1.82, 2.24) is 5.32 Å². The van der Waals surface area contributed by atoms with Gasteiger partial charge in [-0.05, 0) is 53.8 Å². The van der Waals surface area contributed by atoms with Crippen molar-refractivity contribution in [2.24, 2.45) is 0 Å². The molecule has 2 nitrogen and oxygen atoms in total. The molecule has 1 N–H and O–H groups in total. The molecule has 0 bridgehead atoms. The molecule has 4 rings (SSSR count). The number of carbonyl (C=O) groups is 1. The molecule has 0 unspecified atom stereocenters. The summed E-state index contributed by atoms with van der Waals surface area (Å²) in [5, 5.41) is 3.76. The summed E-state index contributed by atoms with van der Waals surface area (Å²) in [4.78, 5) is 12.5. The van der Waals surface area contributed by atoms with Crippen molar-refractivity contribution in [3.63, 3.8) is 0 Å². The minimum Gasteiger partial charge on any atom is -0.342 e. The Morgan fingerprint density at radius 3 is 2.60 bits per heavy atom. The number of halogens is 2. The lowest BCUT2D eigenvalue weighted by molar-refractivity contribution is 0.0933. The molecule has 1 aliphatic heterocycles. The monoisotopic (exact) mass is 347 g/mol. The molecule has 1 aliphatic carbocycles. The van der Waals surface area contributed by atoms with Crippen molar-refractivity contribution in [3.05, 3.63) is 57.0 Å². The van der Waals surface area contributed by atoms with Gasteiger partial charge in [0, 0.05) is 15.1 Å². The molecule has 1 heterocycles. The van der Waals surface area contributed by atoms with Crippen molar-refractivity contribution < 1.29 is 4.79 Å². The third-order valence-corrected chi connectivity index (χ3v) is 4.84. The SMILES string of the molecule is O=C1NC2(CC2)c2ccc(Br)cc2-c2ccc(Cl)cc21. The van der Waals surface area contributed by atoms with Crippen molar-refractivity contribution in [3.8, 4) is 11.1 Å². The third-order valence-electron chi connectivity index (χ3n) is 4.12. The van der Waals surface area contributed by atoms with Crippen LogP contribution in [0.5, 0.6) is 0 Å². The number of hydrogen-bond donors (Lipinski definition) is 1. The van der Waals surface area contributed by atoms with E-state index in [0.29, 0.717) is 10.6 Å². The van der Waals surface area contributed by atoms with Crippen LogP contribution >= 0.6 is 27.5 Å². The van der Waals surface area contributed by atoms with Gasteiger partial charge in [0.25, 0.3) is 5.91 Å². The average molecular weight is 349 g/mol. The number of hydrogen-bond acceptors (Lipinski definition) is 1. The van der Waals surface area contributed by atoms with Crippen molar-refractivity contribution in [1.29, 1.82) is 0 Å². The van der Waals surface area contributed by atoms with Gasteiger partial charge in [0.15, 0.2) is 0 Å². The Balaban J connectivity index is 2.06. The molecule has 1 saturated carbocycles. The Labute approximate surface area is 130 Å². The molecule has 1 amide bonds. The predicted octanol–water partition coefficient (Wildman–Crippen LogP) is 4.50. The smallest absolute Gasteiger partial charge is 0.252 e. The van der Waals surface area contributed by atoms with Crippen molar-refractivity contribution in [2.45, 2.75) is 18.4 Å². The Morgan fingerprint density at radius 2 is 1.85 bits per heavy atom. The van der Waals surface area contributed by atoms with E-state index in [9.17, 15) is 4.79 Å². The van der Waals surface area contributed by atoms with Crippen LogP contribution in [0, 0.1) is 0 Å². The summed E-state index contributed by atoms with van der Waals surface area (Å²) in [5.41, 5.74) is 3.74. The lowest BCUT2D eigenvalue weighted by Gasteiger charge is -2.17. The number of nitrogens with one attached hydrogen (secondary N) is 1. The Morgan fingerprint density at radius 1 is 1.05 bits per heavy atom. The standard InChI is InChI=1S/C16H11BrClNO/c17-9-1-4-14-12(7-9)11-3-2-10(18)8-13(11)15(20)19-16(14)5-6-16/h1-4,7-8H,5-6H2,(H,19,20). The summed E-state index contributed by atoms with van der Waals surface area (Å²) in [5.74, 6) is -0.0349. The van der Waals surface area contributed by atoms with E-state index in [1.165, 1.54) is 5.56 Å². The van der Waals surface area contributed by atoms with Crippen LogP contribution in [0.3, 0.4) is 0 Å². The molecule has 0 atom stereocenters. The zero-order valence-corrected chi connectivity index (χ0v) is 12.9. The highest BCUT2D eigenvalue weighted by Gasteiger charge is 2.48. The maximum atomic E-state index is 12.5. The lowest BCUT2D eigenvalue weighted by Crippen LogP contribution is -2.33. The summed E-state index contributed by atoms with van der Waals surface area (Å²) >= 11 is 9.57. The largest absolute Gasteiger partial charge is 0.342 e. The lowest BCUT2D eigenvalue weighted by atomic mass is 9.93. The first kappa shape index (κ1) is 12.4. The Hall–Kier alpha value is -1.32. The van der Waals surface area contributed by atoms with E-state index in [4.69, 9.17) is 11.6 Å². The molecule has 1 fully saturated rings. The van der Waals surface area contributed by atoms with Crippen molar-refractivity contribution >= 4 is 33.4 Å². The van der Waals surface area contributed by atoms with E-state index in [1.54, 1.807) is 6.07 Å². The summed E-state index contributed by atoms with van der Waals surface area (Å²) in [6, 6.07) is 11.7. The van der Waals surface area contributed by atoms with Crippen LogP contribution in [0.25, 0.3) is 11.1 Å². The zero-order chi connectivity index (χ0) is 13.9. The van der Waals surface area contributed by atoms with Gasteiger partial charge in [-0.2, -0.15) is 0 Å². The average Bonchev–Trinajstić information content (AvgIpc) is 3.19. The van der Waals surface area contributed by atoms with Gasteiger partial charge in [-0.3, -0.25) is 4.79 Å². The maximum absolute atomic E-state index is 12.5. The molecular weight excluding hydrogens is 338 g/mol. The van der Waals surface area contributed by atoms with Crippen LogP contribution in [0.15, 0.2) is 40.9 Å². The summed E-state index contributed by atoms with van der Waals surface area (Å²) in [6.45, 7) is 0. The number of amides is 1. The fraction of sp³-hybridized carbons (Fsp3) is 0.188. The highest BCUT2D eigenvalue weighted by Crippen LogP contribution is 2.51. The Bertz CT molecular complexity index is 752. The van der Waals surface area contributed by atoms with Gasteiger partial charge < -0.3 is 5.32 Å². The fourth-order valence-electron chi connectivity index (χ4n) is 2.97. The second-order valence-electron chi connectivity index (χ2n) is 5.42. The second-order valence-corrected chi connectivity index (χ2v) is 6.77. The molecular formula is C16H11BrClNO. The zero-order valence-electron chi connectivity index (χ0n) is 10.5. The molecule has 0 aromatic heterocycles. The van der Waals surface area contributed by atoms with Crippen molar-refractivity contribution in [2.75, 3.05) is 0 Å². The van der Waals surface area contributed by atoms with Gasteiger partial charge in [-0.15, -0.1) is 0 Å². The van der Waals surface area contributed by atoms with Gasteiger partial charge in [-0.1, -0.05) is 39.7 Å². The fourth-order valence-corrected chi connectivity index (χ4v) is 3.50. The van der Waals surface area contributed by atoms with Crippen LogP contribution < -0.4 is 5.32 Å². The van der Waals surface area contributed by atoms with Crippen LogP contribution in [0.1, 0.15) is 28.8 Å². The molecule has 2 aromatic rings. The molecule has 4 heteroatoms. The number of benzene rings is 2. The normalized spacial score (nSPS) is 18.0. The first-order chi connectivity index (χ1) is 9.59. The number of rotatable bonds is 0. The van der Waals surface area contributed by atoms with Crippen LogP contribution in [0.4, 0.5) is 0 Å². The van der Waals surface area contributed by atoms with Crippen LogP contribution in [-0.4, -0.2) is 5.91 Å². The van der Waals surface area contributed by atoms with E-state index in [2.05, 4.69) is 33.4 Å². The summed E-state index contributed by atoms with van der Waals surface area (Å²) in [7, 11) is 0. The summed E-state index contributed by atoms with van der Waals surface area (Å²) < 4.78 is 1.02. The highest BCUT2D eigenvalue weighted by molar-refractivity contribution is 9.10. The Kier molecular flexibility index (Phi) is 2.54. The van der Waals surface area contributed by atoms with Crippen LogP contribution in [0.2, 0.25) is 5.02 Å². The predicted molar refractivity (Wildman–Crippen MR) is 83.0 cm³/mol. The van der Waals surface area contributed by atoms with E-state index in [1.807, 2.05) is 18.2 Å². The number of fused-ring (bicyclic) bond motifs is 4.